The molecule has 3 heteroatoms. The molecule has 0 radical (unpaired) electrons. The summed E-state index contributed by atoms with van der Waals surface area (Å²) in [6.45, 7) is 4.99. The highest BCUT2D eigenvalue weighted by molar-refractivity contribution is 5.23. The van der Waals surface area contributed by atoms with E-state index in [9.17, 15) is 8.78 Å². The molecule has 1 saturated carbocycles. The first-order chi connectivity index (χ1) is 9.06. The van der Waals surface area contributed by atoms with Crippen LogP contribution in [0.4, 0.5) is 8.78 Å². The minimum atomic E-state index is -0.470. The van der Waals surface area contributed by atoms with Crippen molar-refractivity contribution in [3.05, 3.63) is 35.4 Å². The predicted molar refractivity (Wildman–Crippen MR) is 74.2 cm³/mol. The van der Waals surface area contributed by atoms with E-state index in [1.165, 1.54) is 37.8 Å². The molecule has 0 bridgehead atoms. The average Bonchev–Trinajstić information content (AvgIpc) is 2.81. The molecule has 0 amide bonds. The minimum absolute atomic E-state index is 0.218. The molecule has 1 aromatic rings. The Morgan fingerprint density at radius 3 is 2.21 bits per heavy atom. The van der Waals surface area contributed by atoms with Crippen molar-refractivity contribution < 1.29 is 8.78 Å². The maximum Gasteiger partial charge on any atom is 0.126 e. The van der Waals surface area contributed by atoms with E-state index in [0.29, 0.717) is 12.0 Å². The second kappa shape index (κ2) is 6.47. The highest BCUT2D eigenvalue weighted by atomic mass is 19.1. The Hall–Kier alpha value is -0.960. The fraction of sp³-hybridized carbons (Fsp3) is 0.625. The molecule has 1 aromatic carbocycles. The van der Waals surface area contributed by atoms with E-state index in [1.54, 1.807) is 0 Å². The van der Waals surface area contributed by atoms with E-state index in [1.807, 2.05) is 0 Å². The molecule has 1 fully saturated rings. The van der Waals surface area contributed by atoms with Crippen LogP contribution in [0.5, 0.6) is 0 Å². The third kappa shape index (κ3) is 4.00. The van der Waals surface area contributed by atoms with Gasteiger partial charge in [-0.1, -0.05) is 26.7 Å². The zero-order chi connectivity index (χ0) is 13.8. The van der Waals surface area contributed by atoms with Crippen LogP contribution in [0.1, 0.15) is 51.0 Å². The summed E-state index contributed by atoms with van der Waals surface area (Å²) in [5, 5.41) is 3.41. The lowest BCUT2D eigenvalue weighted by molar-refractivity contribution is 0.395. The number of benzene rings is 1. The van der Waals surface area contributed by atoms with E-state index >= 15 is 0 Å². The van der Waals surface area contributed by atoms with Crippen molar-refractivity contribution in [3.8, 4) is 0 Å². The standard InChI is InChI=1S/C16H23F2N/c1-11(2)19-10-16(12-5-3-4-6-12)13-7-14(17)9-15(18)8-13/h7-9,11-12,16,19H,3-6,10H2,1-2H3. The second-order valence-corrected chi connectivity index (χ2v) is 5.92. The van der Waals surface area contributed by atoms with Gasteiger partial charge in [0.15, 0.2) is 0 Å². The second-order valence-electron chi connectivity index (χ2n) is 5.92. The molecular weight excluding hydrogens is 244 g/mol. The van der Waals surface area contributed by atoms with Crippen LogP contribution >= 0.6 is 0 Å². The molecule has 0 saturated heterocycles. The largest absolute Gasteiger partial charge is 0.314 e. The van der Waals surface area contributed by atoms with Crippen molar-refractivity contribution in [2.45, 2.75) is 51.5 Å². The molecule has 0 heterocycles. The van der Waals surface area contributed by atoms with Gasteiger partial charge in [-0.2, -0.15) is 0 Å². The first-order valence-corrected chi connectivity index (χ1v) is 7.25. The molecular formula is C16H23F2N. The molecule has 1 nitrogen and oxygen atoms in total. The minimum Gasteiger partial charge on any atom is -0.314 e. The van der Waals surface area contributed by atoms with Crippen LogP contribution in [0, 0.1) is 17.6 Å². The Morgan fingerprint density at radius 2 is 1.68 bits per heavy atom. The van der Waals surface area contributed by atoms with Crippen molar-refractivity contribution in [1.29, 1.82) is 0 Å². The average molecular weight is 267 g/mol. The first-order valence-electron chi connectivity index (χ1n) is 7.25. The molecule has 1 N–H and O–H groups in total. The zero-order valence-electron chi connectivity index (χ0n) is 11.8. The van der Waals surface area contributed by atoms with Crippen LogP contribution < -0.4 is 5.32 Å². The van der Waals surface area contributed by atoms with Gasteiger partial charge in [0.2, 0.25) is 0 Å². The predicted octanol–water partition coefficient (Wildman–Crippen LogP) is 4.24. The van der Waals surface area contributed by atoms with E-state index < -0.39 is 11.6 Å². The summed E-state index contributed by atoms with van der Waals surface area (Å²) in [7, 11) is 0. The lowest BCUT2D eigenvalue weighted by atomic mass is 9.84. The quantitative estimate of drug-likeness (QED) is 0.841. The van der Waals surface area contributed by atoms with E-state index in [-0.39, 0.29) is 5.92 Å². The van der Waals surface area contributed by atoms with Gasteiger partial charge in [0.25, 0.3) is 0 Å². The van der Waals surface area contributed by atoms with Crippen molar-refractivity contribution in [3.63, 3.8) is 0 Å². The Kier molecular flexibility index (Phi) is 4.92. The van der Waals surface area contributed by atoms with Crippen LogP contribution in [0.2, 0.25) is 0 Å². The summed E-state index contributed by atoms with van der Waals surface area (Å²) < 4.78 is 26.8. The zero-order valence-corrected chi connectivity index (χ0v) is 11.8. The van der Waals surface area contributed by atoms with Gasteiger partial charge in [0, 0.05) is 18.7 Å². The maximum atomic E-state index is 13.4. The van der Waals surface area contributed by atoms with Gasteiger partial charge in [-0.3, -0.25) is 0 Å². The molecule has 1 aliphatic rings. The van der Waals surface area contributed by atoms with Gasteiger partial charge in [0.05, 0.1) is 0 Å². The van der Waals surface area contributed by atoms with Gasteiger partial charge in [-0.25, -0.2) is 8.78 Å². The molecule has 1 unspecified atom stereocenters. The van der Waals surface area contributed by atoms with Gasteiger partial charge >= 0.3 is 0 Å². The van der Waals surface area contributed by atoms with Crippen molar-refractivity contribution in [1.82, 2.24) is 5.32 Å². The number of rotatable bonds is 5. The fourth-order valence-corrected chi connectivity index (χ4v) is 3.07. The Bertz CT molecular complexity index is 391. The SMILES string of the molecule is CC(C)NCC(c1cc(F)cc(F)c1)C1CCCC1. The number of hydrogen-bond acceptors (Lipinski definition) is 1. The topological polar surface area (TPSA) is 12.0 Å². The van der Waals surface area contributed by atoms with Crippen molar-refractivity contribution >= 4 is 0 Å². The summed E-state index contributed by atoms with van der Waals surface area (Å²) in [6, 6.07) is 4.33. The number of nitrogens with one attached hydrogen (secondary N) is 1. The summed E-state index contributed by atoms with van der Waals surface area (Å²) in [4.78, 5) is 0. The molecule has 106 valence electrons. The number of halogens is 2. The van der Waals surface area contributed by atoms with Crippen LogP contribution in [0.3, 0.4) is 0 Å². The van der Waals surface area contributed by atoms with Gasteiger partial charge in [-0.05, 0) is 42.4 Å². The Labute approximate surface area is 114 Å². The van der Waals surface area contributed by atoms with Crippen LogP contribution in [-0.2, 0) is 0 Å². The fourth-order valence-electron chi connectivity index (χ4n) is 3.07. The normalized spacial score (nSPS) is 18.2. The highest BCUT2D eigenvalue weighted by Crippen LogP contribution is 2.37. The third-order valence-corrected chi connectivity index (χ3v) is 4.03. The summed E-state index contributed by atoms with van der Waals surface area (Å²) in [6.07, 6.45) is 4.81. The molecule has 1 aliphatic carbocycles. The molecule has 19 heavy (non-hydrogen) atoms. The van der Waals surface area contributed by atoms with E-state index in [2.05, 4.69) is 19.2 Å². The van der Waals surface area contributed by atoms with Gasteiger partial charge < -0.3 is 5.32 Å². The Balaban J connectivity index is 2.19. The van der Waals surface area contributed by atoms with Gasteiger partial charge in [0.1, 0.15) is 11.6 Å². The smallest absolute Gasteiger partial charge is 0.126 e. The van der Waals surface area contributed by atoms with Crippen molar-refractivity contribution in [2.75, 3.05) is 6.54 Å². The molecule has 1 atom stereocenters. The summed E-state index contributed by atoms with van der Waals surface area (Å²) in [5.74, 6) is -0.173. The lowest BCUT2D eigenvalue weighted by Crippen LogP contribution is -2.30. The molecule has 2 rings (SSSR count). The van der Waals surface area contributed by atoms with Crippen LogP contribution in [-0.4, -0.2) is 12.6 Å². The Morgan fingerprint density at radius 1 is 1.11 bits per heavy atom. The monoisotopic (exact) mass is 267 g/mol. The molecule has 0 aromatic heterocycles. The highest BCUT2D eigenvalue weighted by Gasteiger charge is 2.27. The van der Waals surface area contributed by atoms with Crippen LogP contribution in [0.15, 0.2) is 18.2 Å². The van der Waals surface area contributed by atoms with E-state index in [0.717, 1.165) is 18.2 Å². The molecule has 0 aliphatic heterocycles. The summed E-state index contributed by atoms with van der Waals surface area (Å²) >= 11 is 0. The maximum absolute atomic E-state index is 13.4. The lowest BCUT2D eigenvalue weighted by Gasteiger charge is -2.25. The third-order valence-electron chi connectivity index (χ3n) is 4.03. The van der Waals surface area contributed by atoms with Gasteiger partial charge in [-0.15, -0.1) is 0 Å². The van der Waals surface area contributed by atoms with Crippen LogP contribution in [0.25, 0.3) is 0 Å². The molecule has 0 spiro atoms. The summed E-state index contributed by atoms with van der Waals surface area (Å²) in [5.41, 5.74) is 0.803. The first kappa shape index (κ1) is 14.4. The number of hydrogen-bond donors (Lipinski definition) is 1. The van der Waals surface area contributed by atoms with E-state index in [4.69, 9.17) is 0 Å². The van der Waals surface area contributed by atoms with Crippen molar-refractivity contribution in [2.24, 2.45) is 5.92 Å².